The zero-order chi connectivity index (χ0) is 32.6. The van der Waals surface area contributed by atoms with E-state index in [1.54, 1.807) is 13.0 Å². The molecule has 45 heavy (non-hydrogen) atoms. The summed E-state index contributed by atoms with van der Waals surface area (Å²) in [6.07, 6.45) is -3.28. The Bertz CT molecular complexity index is 1870. The molecule has 2 aromatic heterocycles. The van der Waals surface area contributed by atoms with Crippen molar-refractivity contribution >= 4 is 29.4 Å². The van der Waals surface area contributed by atoms with Gasteiger partial charge in [-0.2, -0.15) is 18.3 Å². The molecule has 11 nitrogen and oxygen atoms in total. The molecule has 4 aromatic rings. The van der Waals surface area contributed by atoms with Crippen LogP contribution in [0.4, 0.5) is 22.0 Å². The molecule has 2 heterocycles. The van der Waals surface area contributed by atoms with E-state index in [2.05, 4.69) is 20.7 Å². The molecule has 3 N–H and O–H groups in total. The molecule has 1 aliphatic rings. The van der Waals surface area contributed by atoms with Gasteiger partial charge in [0.2, 0.25) is 0 Å². The van der Waals surface area contributed by atoms with Crippen LogP contribution in [0.3, 0.4) is 0 Å². The molecule has 16 heteroatoms. The van der Waals surface area contributed by atoms with Crippen molar-refractivity contribution in [3.8, 4) is 0 Å². The lowest BCUT2D eigenvalue weighted by atomic mass is 9.98. The second kappa shape index (κ2) is 11.9. The molecule has 0 saturated heterocycles. The van der Waals surface area contributed by atoms with Crippen LogP contribution in [-0.2, 0) is 28.7 Å². The number of benzene rings is 2. The van der Waals surface area contributed by atoms with Gasteiger partial charge in [-0.05, 0) is 60.2 Å². The van der Waals surface area contributed by atoms with E-state index in [-0.39, 0.29) is 16.8 Å². The number of alkyl halides is 3. The summed E-state index contributed by atoms with van der Waals surface area (Å²) >= 11 is 0. The predicted molar refractivity (Wildman–Crippen MR) is 143 cm³/mol. The maximum atomic E-state index is 14.5. The summed E-state index contributed by atoms with van der Waals surface area (Å²) in [5, 5.41) is 17.7. The Labute approximate surface area is 250 Å². The number of hydrogen-bond donors (Lipinski definition) is 3. The maximum absolute atomic E-state index is 14.5. The van der Waals surface area contributed by atoms with Crippen LogP contribution in [0.1, 0.15) is 71.6 Å². The summed E-state index contributed by atoms with van der Waals surface area (Å²) in [7, 11) is 0. The van der Waals surface area contributed by atoms with E-state index in [1.165, 1.54) is 6.07 Å². The molecular weight excluding hydrogens is 609 g/mol. The smallest absolute Gasteiger partial charge is 0.419 e. The van der Waals surface area contributed by atoms with Crippen molar-refractivity contribution < 1.29 is 51.0 Å². The van der Waals surface area contributed by atoms with Gasteiger partial charge in [0.25, 0.3) is 11.8 Å². The van der Waals surface area contributed by atoms with E-state index in [0.29, 0.717) is 36.1 Å². The number of carbonyl (C=O) groups excluding carboxylic acids is 3. The Hall–Kier alpha value is -5.41. The monoisotopic (exact) mass is 631 g/mol. The van der Waals surface area contributed by atoms with Crippen LogP contribution in [0, 0.1) is 18.6 Å². The van der Waals surface area contributed by atoms with Crippen molar-refractivity contribution in [2.75, 3.05) is 6.61 Å². The van der Waals surface area contributed by atoms with Gasteiger partial charge < -0.3 is 20.5 Å². The fourth-order valence-electron chi connectivity index (χ4n) is 5.08. The fraction of sp³-hybridized carbons (Fsp3) is 0.241. The van der Waals surface area contributed by atoms with Crippen molar-refractivity contribution in [2.24, 2.45) is 0 Å². The Balaban J connectivity index is 1.36. The van der Waals surface area contributed by atoms with Gasteiger partial charge in [-0.15, -0.1) is 0 Å². The molecule has 0 aliphatic heterocycles. The highest BCUT2D eigenvalue weighted by atomic mass is 19.4. The highest BCUT2D eigenvalue weighted by Crippen LogP contribution is 2.35. The zero-order valence-electron chi connectivity index (χ0n) is 23.2. The first-order valence-corrected chi connectivity index (χ1v) is 13.2. The van der Waals surface area contributed by atoms with Crippen LogP contribution in [0.25, 0.3) is 5.65 Å². The topological polar surface area (TPSA) is 152 Å². The van der Waals surface area contributed by atoms with E-state index in [1.807, 2.05) is 0 Å². The molecule has 0 bridgehead atoms. The van der Waals surface area contributed by atoms with Crippen molar-refractivity contribution in [3.63, 3.8) is 0 Å². The minimum Gasteiger partial charge on any atom is -0.479 e. The van der Waals surface area contributed by atoms with Gasteiger partial charge >= 0.3 is 18.1 Å². The molecule has 5 rings (SSSR count). The predicted octanol–water partition coefficient (Wildman–Crippen LogP) is 3.92. The highest BCUT2D eigenvalue weighted by Gasteiger charge is 2.34. The van der Waals surface area contributed by atoms with Gasteiger partial charge in [0, 0.05) is 12.6 Å². The average Bonchev–Trinajstić information content (AvgIpc) is 3.57. The lowest BCUT2D eigenvalue weighted by Gasteiger charge is -2.16. The summed E-state index contributed by atoms with van der Waals surface area (Å²) in [5.41, 5.74) is -0.564. The molecule has 2 aromatic carbocycles. The molecule has 1 aliphatic carbocycles. The quantitative estimate of drug-likeness (QED) is 0.196. The number of ether oxygens (including phenoxy) is 1. The van der Waals surface area contributed by atoms with Gasteiger partial charge in [0.1, 0.15) is 17.2 Å². The fourth-order valence-corrected chi connectivity index (χ4v) is 5.08. The lowest BCUT2D eigenvalue weighted by molar-refractivity contribution is -0.141. The van der Waals surface area contributed by atoms with Crippen LogP contribution in [0.5, 0.6) is 0 Å². The number of amides is 2. The normalized spacial score (nSPS) is 14.2. The Morgan fingerprint density at radius 1 is 1.07 bits per heavy atom. The number of aliphatic carboxylic acids is 1. The van der Waals surface area contributed by atoms with E-state index >= 15 is 0 Å². The van der Waals surface area contributed by atoms with Crippen LogP contribution in [0.15, 0.2) is 42.6 Å². The second-order valence-corrected chi connectivity index (χ2v) is 10.1. The number of halogens is 5. The second-order valence-electron chi connectivity index (χ2n) is 10.1. The Kier molecular flexibility index (Phi) is 8.23. The minimum atomic E-state index is -4.95. The zero-order valence-corrected chi connectivity index (χ0v) is 23.2. The molecular formula is C29H22F5N5O6. The summed E-state index contributed by atoms with van der Waals surface area (Å²) < 4.78 is 73.0. The third-order valence-corrected chi connectivity index (χ3v) is 7.23. The van der Waals surface area contributed by atoms with Crippen molar-refractivity contribution in [1.29, 1.82) is 0 Å². The first kappa shape index (κ1) is 31.0. The van der Waals surface area contributed by atoms with Crippen LogP contribution in [-0.4, -0.2) is 50.1 Å². The number of esters is 1. The number of nitrogens with one attached hydrogen (secondary N) is 2. The van der Waals surface area contributed by atoms with E-state index in [0.717, 1.165) is 28.4 Å². The molecule has 2 amide bonds. The molecule has 0 radical (unpaired) electrons. The van der Waals surface area contributed by atoms with Gasteiger partial charge in [0.05, 0.1) is 23.4 Å². The molecule has 0 spiro atoms. The summed E-state index contributed by atoms with van der Waals surface area (Å²) in [6.45, 7) is 0.413. The third-order valence-electron chi connectivity index (χ3n) is 7.23. The number of carbonyl (C=O) groups is 4. The number of aromatic nitrogens is 3. The number of hydrogen-bond acceptors (Lipinski definition) is 7. The van der Waals surface area contributed by atoms with E-state index in [9.17, 15) is 41.1 Å². The standard InChI is InChI=1S/C29H22F5N5O6/c1-13-15-5-7-21(17(15)4-3-16(13)28(44)45-12-24(40)41)38-27(43)23-9-22(37-25-20(31)11-36-39(23)25)26(42)35-10-14-2-6-19(30)18(8-14)29(32,33)34/h2-4,6,8-9,11,21H,5,7,10,12H2,1H3,(H,35,42)(H,38,43)(H,40,41)/t21-/m0/s1. The molecule has 0 unspecified atom stereocenters. The first-order chi connectivity index (χ1) is 21.2. The number of rotatable bonds is 8. The lowest BCUT2D eigenvalue weighted by Crippen LogP contribution is -2.31. The number of nitrogens with zero attached hydrogens (tertiary/aromatic N) is 3. The van der Waals surface area contributed by atoms with Crippen molar-refractivity contribution in [1.82, 2.24) is 25.2 Å². The molecule has 0 fully saturated rings. The number of carboxylic acid groups (broad SMARTS) is 1. The SMILES string of the molecule is Cc1c(C(=O)OCC(=O)O)ccc2c1CC[C@@H]2NC(=O)c1cc(C(=O)NCc2ccc(F)c(C(F)(F)F)c2)nc2c(F)cnn12. The highest BCUT2D eigenvalue weighted by molar-refractivity contribution is 5.98. The van der Waals surface area contributed by atoms with E-state index < -0.39 is 77.7 Å². The van der Waals surface area contributed by atoms with Gasteiger partial charge in [-0.1, -0.05) is 12.1 Å². The number of fused-ring (bicyclic) bond motifs is 2. The van der Waals surface area contributed by atoms with Gasteiger partial charge in [-0.25, -0.2) is 27.9 Å². The van der Waals surface area contributed by atoms with Crippen LogP contribution < -0.4 is 10.6 Å². The largest absolute Gasteiger partial charge is 0.479 e. The Morgan fingerprint density at radius 2 is 1.82 bits per heavy atom. The third kappa shape index (κ3) is 6.30. The van der Waals surface area contributed by atoms with Crippen LogP contribution >= 0.6 is 0 Å². The van der Waals surface area contributed by atoms with Crippen molar-refractivity contribution in [3.05, 3.63) is 99.0 Å². The van der Waals surface area contributed by atoms with Gasteiger partial charge in [-0.3, -0.25) is 9.59 Å². The molecule has 1 atom stereocenters. The van der Waals surface area contributed by atoms with Gasteiger partial charge in [0.15, 0.2) is 18.1 Å². The minimum absolute atomic E-state index is 0.0693. The molecule has 234 valence electrons. The van der Waals surface area contributed by atoms with E-state index in [4.69, 9.17) is 9.84 Å². The first-order valence-electron chi connectivity index (χ1n) is 13.2. The maximum Gasteiger partial charge on any atom is 0.419 e. The molecule has 0 saturated carbocycles. The van der Waals surface area contributed by atoms with Crippen LogP contribution in [0.2, 0.25) is 0 Å². The number of carboxylic acids is 1. The summed E-state index contributed by atoms with van der Waals surface area (Å²) in [6, 6.07) is 5.76. The Morgan fingerprint density at radius 3 is 2.53 bits per heavy atom. The summed E-state index contributed by atoms with van der Waals surface area (Å²) in [5.74, 6) is -6.25. The average molecular weight is 632 g/mol. The summed E-state index contributed by atoms with van der Waals surface area (Å²) in [4.78, 5) is 53.3. The van der Waals surface area contributed by atoms with Crippen molar-refractivity contribution in [2.45, 2.75) is 38.5 Å².